The van der Waals surface area contributed by atoms with Gasteiger partial charge in [0.15, 0.2) is 0 Å². The number of hydrogen-bond donors (Lipinski definition) is 1. The molecular weight excluding hydrogens is 335 g/mol. The van der Waals surface area contributed by atoms with Gasteiger partial charge in [-0.1, -0.05) is 59.6 Å². The summed E-state index contributed by atoms with van der Waals surface area (Å²) in [5.41, 5.74) is 6.71. The molecule has 120 valence electrons. The maximum Gasteiger partial charge on any atom is 0.237 e. The Morgan fingerprint density at radius 3 is 2.13 bits per heavy atom. The van der Waals surface area contributed by atoms with Gasteiger partial charge in [-0.05, 0) is 23.3 Å². The van der Waals surface area contributed by atoms with E-state index in [0.29, 0.717) is 22.2 Å². The zero-order valence-electron chi connectivity index (χ0n) is 12.3. The van der Waals surface area contributed by atoms with Gasteiger partial charge >= 0.3 is 0 Å². The molecule has 2 aromatic carbocycles. The van der Waals surface area contributed by atoms with Crippen LogP contribution < -0.4 is 5.73 Å². The van der Waals surface area contributed by atoms with Gasteiger partial charge in [-0.3, -0.25) is 9.59 Å². The zero-order chi connectivity index (χ0) is 16.8. The zero-order valence-corrected chi connectivity index (χ0v) is 13.8. The van der Waals surface area contributed by atoms with Crippen LogP contribution in [0.25, 0.3) is 0 Å². The second kappa shape index (κ2) is 7.99. The van der Waals surface area contributed by atoms with Crippen molar-refractivity contribution in [3.05, 3.63) is 69.7 Å². The van der Waals surface area contributed by atoms with Crippen molar-refractivity contribution in [2.75, 3.05) is 6.54 Å². The predicted octanol–water partition coefficient (Wildman–Crippen LogP) is 3.05. The monoisotopic (exact) mass is 350 g/mol. The number of rotatable bonds is 6. The van der Waals surface area contributed by atoms with Gasteiger partial charge in [-0.15, -0.1) is 0 Å². The van der Waals surface area contributed by atoms with Crippen LogP contribution in [-0.4, -0.2) is 23.3 Å². The van der Waals surface area contributed by atoms with Gasteiger partial charge in [0.1, 0.15) is 0 Å². The van der Waals surface area contributed by atoms with Crippen molar-refractivity contribution in [3.63, 3.8) is 0 Å². The lowest BCUT2D eigenvalue weighted by Gasteiger charge is -2.22. The third-order valence-electron chi connectivity index (χ3n) is 3.31. The number of carbonyl (C=O) groups is 2. The molecule has 2 aromatic rings. The van der Waals surface area contributed by atoms with E-state index in [9.17, 15) is 9.59 Å². The van der Waals surface area contributed by atoms with Crippen LogP contribution >= 0.6 is 23.2 Å². The van der Waals surface area contributed by atoms with E-state index in [2.05, 4.69) is 0 Å². The Balaban J connectivity index is 2.18. The highest BCUT2D eigenvalue weighted by molar-refractivity contribution is 6.36. The van der Waals surface area contributed by atoms with Gasteiger partial charge in [-0.2, -0.15) is 0 Å². The Labute approximate surface area is 144 Å². The molecule has 0 saturated heterocycles. The van der Waals surface area contributed by atoms with Crippen LogP contribution in [0.5, 0.6) is 0 Å². The van der Waals surface area contributed by atoms with Crippen molar-refractivity contribution in [3.8, 4) is 0 Å². The molecule has 0 aromatic heterocycles. The fourth-order valence-corrected chi connectivity index (χ4v) is 2.72. The molecule has 0 bridgehead atoms. The third kappa shape index (κ3) is 4.98. The molecule has 23 heavy (non-hydrogen) atoms. The topological polar surface area (TPSA) is 63.4 Å². The average molecular weight is 351 g/mol. The summed E-state index contributed by atoms with van der Waals surface area (Å²) in [6.45, 7) is 0.139. The molecule has 2 amide bonds. The number of benzene rings is 2. The summed E-state index contributed by atoms with van der Waals surface area (Å²) in [4.78, 5) is 25.2. The van der Waals surface area contributed by atoms with Crippen LogP contribution in [0.2, 0.25) is 10.0 Å². The first-order valence-corrected chi connectivity index (χ1v) is 7.76. The molecule has 0 aliphatic carbocycles. The van der Waals surface area contributed by atoms with E-state index in [-0.39, 0.29) is 18.9 Å². The molecule has 4 nitrogen and oxygen atoms in total. The second-order valence-electron chi connectivity index (χ2n) is 5.08. The minimum Gasteiger partial charge on any atom is -0.368 e. The van der Waals surface area contributed by atoms with Crippen molar-refractivity contribution in [2.24, 2.45) is 5.73 Å². The van der Waals surface area contributed by atoms with Crippen LogP contribution in [0.4, 0.5) is 0 Å². The smallest absolute Gasteiger partial charge is 0.237 e. The van der Waals surface area contributed by atoms with Gasteiger partial charge in [0, 0.05) is 16.6 Å². The maximum absolute atomic E-state index is 12.6. The Morgan fingerprint density at radius 1 is 0.957 bits per heavy atom. The summed E-state index contributed by atoms with van der Waals surface area (Å²) in [6, 6.07) is 14.4. The number of primary amides is 1. The molecular formula is C17H16Cl2N2O2. The first-order valence-electron chi connectivity index (χ1n) is 7.00. The summed E-state index contributed by atoms with van der Waals surface area (Å²) in [7, 11) is 0. The second-order valence-corrected chi connectivity index (χ2v) is 5.89. The minimum absolute atomic E-state index is 0.0125. The van der Waals surface area contributed by atoms with E-state index < -0.39 is 5.91 Å². The normalized spacial score (nSPS) is 10.3. The number of nitrogens with zero attached hydrogens (tertiary/aromatic N) is 1. The molecule has 2 rings (SSSR count). The van der Waals surface area contributed by atoms with Gasteiger partial charge in [0.05, 0.1) is 13.0 Å². The summed E-state index contributed by atoms with van der Waals surface area (Å²) >= 11 is 12.2. The lowest BCUT2D eigenvalue weighted by molar-refractivity contribution is -0.135. The third-order valence-corrected chi connectivity index (χ3v) is 4.01. The SMILES string of the molecule is NC(=O)CN(Cc1ccccc1)C(=O)Cc1c(Cl)cccc1Cl. The lowest BCUT2D eigenvalue weighted by Crippen LogP contribution is -2.38. The molecule has 0 aliphatic heterocycles. The van der Waals surface area contributed by atoms with Gasteiger partial charge in [0.25, 0.3) is 0 Å². The molecule has 0 spiro atoms. The predicted molar refractivity (Wildman–Crippen MR) is 91.2 cm³/mol. The highest BCUT2D eigenvalue weighted by Crippen LogP contribution is 2.25. The molecule has 0 aliphatic rings. The highest BCUT2D eigenvalue weighted by atomic mass is 35.5. The van der Waals surface area contributed by atoms with Crippen LogP contribution in [0.15, 0.2) is 48.5 Å². The summed E-state index contributed by atoms with van der Waals surface area (Å²) in [5.74, 6) is -0.831. The van der Waals surface area contributed by atoms with E-state index in [1.54, 1.807) is 18.2 Å². The van der Waals surface area contributed by atoms with Crippen molar-refractivity contribution in [2.45, 2.75) is 13.0 Å². The Bertz CT molecular complexity index is 685. The molecule has 2 N–H and O–H groups in total. The number of hydrogen-bond acceptors (Lipinski definition) is 2. The van der Waals surface area contributed by atoms with Crippen molar-refractivity contribution in [1.29, 1.82) is 0 Å². The molecule has 0 fully saturated rings. The van der Waals surface area contributed by atoms with Crippen molar-refractivity contribution >= 4 is 35.0 Å². The van der Waals surface area contributed by atoms with Crippen LogP contribution in [0, 0.1) is 0 Å². The summed E-state index contributed by atoms with van der Waals surface area (Å²) in [5, 5.41) is 0.842. The molecule has 6 heteroatoms. The molecule has 0 atom stereocenters. The highest BCUT2D eigenvalue weighted by Gasteiger charge is 2.19. The van der Waals surface area contributed by atoms with E-state index in [1.165, 1.54) is 4.90 Å². The van der Waals surface area contributed by atoms with E-state index in [0.717, 1.165) is 5.56 Å². The standard InChI is InChI=1S/C17H16Cl2N2O2/c18-14-7-4-8-15(19)13(14)9-17(23)21(11-16(20)22)10-12-5-2-1-3-6-12/h1-8H,9-11H2,(H2,20,22). The first-order chi connectivity index (χ1) is 11.0. The number of halogens is 2. The lowest BCUT2D eigenvalue weighted by atomic mass is 10.1. The Kier molecular flexibility index (Phi) is 6.02. The van der Waals surface area contributed by atoms with Crippen molar-refractivity contribution < 1.29 is 9.59 Å². The first kappa shape index (κ1) is 17.3. The number of carbonyl (C=O) groups excluding carboxylic acids is 2. The van der Waals surface area contributed by atoms with Gasteiger partial charge < -0.3 is 10.6 Å². The molecule has 0 heterocycles. The van der Waals surface area contributed by atoms with Crippen molar-refractivity contribution in [1.82, 2.24) is 4.90 Å². The van der Waals surface area contributed by atoms with E-state index in [4.69, 9.17) is 28.9 Å². The number of nitrogens with two attached hydrogens (primary N) is 1. The average Bonchev–Trinajstić information content (AvgIpc) is 2.51. The summed E-state index contributed by atoms with van der Waals surface area (Å²) in [6.07, 6.45) is 0.0125. The van der Waals surface area contributed by atoms with Gasteiger partial charge in [-0.25, -0.2) is 0 Å². The van der Waals surface area contributed by atoms with Crippen LogP contribution in [0.1, 0.15) is 11.1 Å². The fourth-order valence-electron chi connectivity index (χ4n) is 2.19. The van der Waals surface area contributed by atoms with Gasteiger partial charge in [0.2, 0.25) is 11.8 Å². The molecule has 0 saturated carbocycles. The minimum atomic E-state index is -0.570. The quantitative estimate of drug-likeness (QED) is 0.869. The maximum atomic E-state index is 12.6. The van der Waals surface area contributed by atoms with Crippen LogP contribution in [-0.2, 0) is 22.6 Å². The Morgan fingerprint density at radius 2 is 1.57 bits per heavy atom. The fraction of sp³-hybridized carbons (Fsp3) is 0.176. The van der Waals surface area contributed by atoms with E-state index in [1.807, 2.05) is 30.3 Å². The largest absolute Gasteiger partial charge is 0.368 e. The van der Waals surface area contributed by atoms with E-state index >= 15 is 0 Å². The Hall–Kier alpha value is -2.04. The summed E-state index contributed by atoms with van der Waals surface area (Å²) < 4.78 is 0. The molecule has 0 radical (unpaired) electrons. The van der Waals surface area contributed by atoms with Crippen LogP contribution in [0.3, 0.4) is 0 Å². The number of amides is 2. The molecule has 0 unspecified atom stereocenters.